The van der Waals surface area contributed by atoms with Gasteiger partial charge in [0.15, 0.2) is 0 Å². The summed E-state index contributed by atoms with van der Waals surface area (Å²) in [6.45, 7) is 14.4. The number of fused-ring (bicyclic) bond motifs is 5. The van der Waals surface area contributed by atoms with Crippen molar-refractivity contribution in [3.8, 4) is 16.8 Å². The zero-order valence-electron chi connectivity index (χ0n) is 30.1. The van der Waals surface area contributed by atoms with E-state index in [1.165, 1.54) is 99.8 Å². The van der Waals surface area contributed by atoms with Crippen LogP contribution < -0.4 is 4.90 Å². The molecule has 246 valence electrons. The van der Waals surface area contributed by atoms with E-state index in [4.69, 9.17) is 0 Å². The monoisotopic (exact) mass is 656 g/mol. The molecule has 3 aliphatic rings. The topological polar surface area (TPSA) is 8.17 Å². The van der Waals surface area contributed by atoms with Crippen molar-refractivity contribution in [3.05, 3.63) is 167 Å². The van der Waals surface area contributed by atoms with Crippen molar-refractivity contribution < 1.29 is 0 Å². The van der Waals surface area contributed by atoms with Gasteiger partial charge in [-0.05, 0) is 80.2 Å². The molecule has 3 heterocycles. The van der Waals surface area contributed by atoms with Gasteiger partial charge in [0.05, 0.1) is 22.4 Å². The Morgan fingerprint density at radius 1 is 0.412 bits per heavy atom. The summed E-state index contributed by atoms with van der Waals surface area (Å²) in [5, 5.41) is 5.15. The minimum absolute atomic E-state index is 0.0996. The summed E-state index contributed by atoms with van der Waals surface area (Å²) >= 11 is 0. The summed E-state index contributed by atoms with van der Waals surface area (Å²) in [7, 11) is 0. The molecular weight excluding hydrogens is 617 g/mol. The second-order valence-electron chi connectivity index (χ2n) is 16.6. The molecule has 11 rings (SSSR count). The van der Waals surface area contributed by atoms with Crippen LogP contribution in [0.4, 0.5) is 17.1 Å². The summed E-state index contributed by atoms with van der Waals surface area (Å²) in [5.74, 6) is 0. The van der Waals surface area contributed by atoms with Crippen molar-refractivity contribution in [2.24, 2.45) is 0 Å². The Hall–Kier alpha value is -5.60. The highest BCUT2D eigenvalue weighted by molar-refractivity contribution is 6.15. The van der Waals surface area contributed by atoms with Gasteiger partial charge in [-0.3, -0.25) is 0 Å². The van der Waals surface area contributed by atoms with E-state index in [-0.39, 0.29) is 16.2 Å². The molecule has 0 radical (unpaired) electrons. The Morgan fingerprint density at radius 2 is 0.980 bits per heavy atom. The van der Waals surface area contributed by atoms with Crippen molar-refractivity contribution in [2.75, 3.05) is 4.90 Å². The van der Waals surface area contributed by atoms with Crippen LogP contribution in [0.3, 0.4) is 0 Å². The molecule has 0 bridgehead atoms. The van der Waals surface area contributed by atoms with Crippen LogP contribution in [-0.4, -0.2) is 4.57 Å². The molecule has 0 fully saturated rings. The number of para-hydroxylation sites is 2. The average Bonchev–Trinajstić information content (AvgIpc) is 3.59. The Balaban J connectivity index is 1.26. The average molecular weight is 657 g/mol. The number of aromatic nitrogens is 1. The van der Waals surface area contributed by atoms with Gasteiger partial charge < -0.3 is 9.47 Å². The molecule has 0 N–H and O–H groups in total. The Kier molecular flexibility index (Phi) is 5.37. The Bertz CT molecular complexity index is 2840. The summed E-state index contributed by atoms with van der Waals surface area (Å²) in [6, 6.07) is 50.7. The quantitative estimate of drug-likeness (QED) is 0.184. The van der Waals surface area contributed by atoms with E-state index in [1.54, 1.807) is 0 Å². The van der Waals surface area contributed by atoms with Gasteiger partial charge in [-0.1, -0.05) is 145 Å². The lowest BCUT2D eigenvalue weighted by molar-refractivity contribution is 0.593. The van der Waals surface area contributed by atoms with E-state index >= 15 is 0 Å². The fourth-order valence-corrected chi connectivity index (χ4v) is 10.3. The lowest BCUT2D eigenvalue weighted by Gasteiger charge is -2.42. The summed E-state index contributed by atoms with van der Waals surface area (Å²) in [5.41, 5.74) is 18.3. The lowest BCUT2D eigenvalue weighted by Crippen LogP contribution is -2.33. The van der Waals surface area contributed by atoms with Crippen LogP contribution in [0.2, 0.25) is 0 Å². The van der Waals surface area contributed by atoms with E-state index in [9.17, 15) is 0 Å². The molecule has 8 aromatic rings. The molecule has 2 aliphatic heterocycles. The van der Waals surface area contributed by atoms with Gasteiger partial charge in [0.1, 0.15) is 0 Å². The molecule has 0 unspecified atom stereocenters. The first-order valence-electron chi connectivity index (χ1n) is 18.4. The fraction of sp³-hybridized carbons (Fsp3) is 0.184. The van der Waals surface area contributed by atoms with Gasteiger partial charge in [-0.15, -0.1) is 0 Å². The van der Waals surface area contributed by atoms with Gasteiger partial charge in [-0.25, -0.2) is 0 Å². The van der Waals surface area contributed by atoms with Crippen molar-refractivity contribution in [3.63, 3.8) is 0 Å². The normalized spacial score (nSPS) is 16.5. The zero-order chi connectivity index (χ0) is 34.6. The van der Waals surface area contributed by atoms with Crippen LogP contribution in [-0.2, 0) is 16.2 Å². The highest BCUT2D eigenvalue weighted by Crippen LogP contribution is 2.57. The third-order valence-electron chi connectivity index (χ3n) is 12.9. The number of rotatable bonds is 3. The molecule has 1 aromatic heterocycles. The number of hydrogen-bond acceptors (Lipinski definition) is 1. The first-order valence-corrected chi connectivity index (χ1v) is 18.4. The van der Waals surface area contributed by atoms with Crippen molar-refractivity contribution in [2.45, 2.75) is 57.8 Å². The number of benzene rings is 7. The molecule has 1 aliphatic carbocycles. The number of hydrogen-bond donors (Lipinski definition) is 0. The van der Waals surface area contributed by atoms with Gasteiger partial charge in [0, 0.05) is 43.8 Å². The number of anilines is 3. The second-order valence-corrected chi connectivity index (χ2v) is 16.6. The van der Waals surface area contributed by atoms with E-state index < -0.39 is 0 Å². The molecule has 0 amide bonds. The van der Waals surface area contributed by atoms with Gasteiger partial charge in [0.2, 0.25) is 0 Å². The van der Waals surface area contributed by atoms with Crippen LogP contribution in [0, 0.1) is 0 Å². The van der Waals surface area contributed by atoms with Crippen molar-refractivity contribution in [1.82, 2.24) is 4.57 Å². The van der Waals surface area contributed by atoms with Crippen molar-refractivity contribution >= 4 is 49.6 Å². The lowest BCUT2D eigenvalue weighted by atomic mass is 9.68. The molecule has 0 atom stereocenters. The maximum Gasteiger partial charge on any atom is 0.0583 e. The first kappa shape index (κ1) is 29.2. The van der Waals surface area contributed by atoms with Crippen LogP contribution in [0.5, 0.6) is 0 Å². The van der Waals surface area contributed by atoms with Gasteiger partial charge in [0.25, 0.3) is 0 Å². The van der Waals surface area contributed by atoms with Crippen LogP contribution in [0.15, 0.2) is 133 Å². The molecule has 0 saturated heterocycles. The largest absolute Gasteiger partial charge is 0.310 e. The summed E-state index contributed by atoms with van der Waals surface area (Å²) in [4.78, 5) is 2.54. The van der Waals surface area contributed by atoms with E-state index in [0.717, 1.165) is 0 Å². The highest BCUT2D eigenvalue weighted by atomic mass is 15.1. The molecule has 7 aromatic carbocycles. The maximum atomic E-state index is 2.62. The molecule has 0 spiro atoms. The second kappa shape index (κ2) is 9.38. The number of nitrogens with zero attached hydrogens (tertiary/aromatic N) is 2. The molecule has 2 nitrogen and oxygen atoms in total. The highest BCUT2D eigenvalue weighted by Gasteiger charge is 2.44. The molecule has 51 heavy (non-hydrogen) atoms. The molecular formula is C49H40N2. The fourth-order valence-electron chi connectivity index (χ4n) is 10.3. The molecule has 2 heteroatoms. The van der Waals surface area contributed by atoms with Crippen LogP contribution in [0.25, 0.3) is 49.4 Å². The van der Waals surface area contributed by atoms with E-state index in [0.29, 0.717) is 0 Å². The Labute approximate surface area is 299 Å². The van der Waals surface area contributed by atoms with Crippen LogP contribution in [0.1, 0.15) is 74.9 Å². The zero-order valence-corrected chi connectivity index (χ0v) is 30.1. The third-order valence-corrected chi connectivity index (χ3v) is 12.9. The smallest absolute Gasteiger partial charge is 0.0583 e. The SMILES string of the molecule is CC1(C)c2ccccc2-c2ccc(N(c3cc4c5c(c3)c3cccc6c3n5-c3c(cccc3C4(C)C)C6(C)C)c3cccc4ccccc34)cc21. The van der Waals surface area contributed by atoms with Crippen LogP contribution >= 0.6 is 0 Å². The summed E-state index contributed by atoms with van der Waals surface area (Å²) < 4.78 is 2.62. The third kappa shape index (κ3) is 3.48. The minimum Gasteiger partial charge on any atom is -0.310 e. The van der Waals surface area contributed by atoms with Gasteiger partial charge >= 0.3 is 0 Å². The van der Waals surface area contributed by atoms with E-state index in [2.05, 4.69) is 184 Å². The first-order chi connectivity index (χ1) is 24.6. The summed E-state index contributed by atoms with van der Waals surface area (Å²) in [6.07, 6.45) is 0. The van der Waals surface area contributed by atoms with Gasteiger partial charge in [-0.2, -0.15) is 0 Å². The van der Waals surface area contributed by atoms with Crippen molar-refractivity contribution in [1.29, 1.82) is 0 Å². The molecule has 0 saturated carbocycles. The minimum atomic E-state index is -0.205. The predicted molar refractivity (Wildman–Crippen MR) is 215 cm³/mol. The Morgan fingerprint density at radius 3 is 1.82 bits per heavy atom. The predicted octanol–water partition coefficient (Wildman–Crippen LogP) is 13.0. The maximum absolute atomic E-state index is 2.62. The standard InChI is InChI=1S/C49H40N2/c1-47(2)37-19-10-9-17-33(37)34-25-24-30(27-41(34)47)50(43-23-11-15-29-14-7-8-16-32(29)43)31-26-36-35-18-12-20-38-44(35)51-45(36)42(28-31)49(5,6)40-22-13-21-39(46(40)51)48(38,3)4/h7-28H,1-6H3. The van der Waals surface area contributed by atoms with E-state index in [1.807, 2.05) is 0 Å².